The molecule has 1 fully saturated rings. The fourth-order valence-corrected chi connectivity index (χ4v) is 1.98. The second kappa shape index (κ2) is 2.55. The Labute approximate surface area is 69.1 Å². The number of nitrogens with one attached hydrogen (secondary N) is 1. The van der Waals surface area contributed by atoms with E-state index in [1.165, 1.54) is 11.3 Å². The Balaban J connectivity index is 2.27. The number of hydrogen-bond donors (Lipinski definition) is 2. The zero-order valence-electron chi connectivity index (χ0n) is 6.08. The highest BCUT2D eigenvalue weighted by atomic mass is 32.1. The maximum Gasteiger partial charge on any atom is 0.121 e. The van der Waals surface area contributed by atoms with Crippen molar-refractivity contribution < 1.29 is 5.11 Å². The zero-order chi connectivity index (χ0) is 7.73. The lowest BCUT2D eigenvalue weighted by Gasteiger charge is -2.17. The van der Waals surface area contributed by atoms with Gasteiger partial charge in [-0.3, -0.25) is 0 Å². The second-order valence-electron chi connectivity index (χ2n) is 2.83. The Kier molecular flexibility index (Phi) is 1.67. The number of rotatable bonds is 1. The van der Waals surface area contributed by atoms with Crippen molar-refractivity contribution >= 4 is 11.3 Å². The minimum atomic E-state index is -0.694. The third-order valence-electron chi connectivity index (χ3n) is 2.04. The van der Waals surface area contributed by atoms with Gasteiger partial charge in [0.15, 0.2) is 0 Å². The third kappa shape index (κ3) is 1.17. The minimum Gasteiger partial charge on any atom is -0.382 e. The molecule has 1 aliphatic rings. The van der Waals surface area contributed by atoms with Gasteiger partial charge < -0.3 is 10.4 Å². The van der Waals surface area contributed by atoms with Crippen molar-refractivity contribution in [2.45, 2.75) is 12.0 Å². The molecule has 0 bridgehead atoms. The molecule has 0 amide bonds. The molecule has 2 N–H and O–H groups in total. The minimum absolute atomic E-state index is 0.636. The van der Waals surface area contributed by atoms with Crippen LogP contribution in [0.4, 0.5) is 0 Å². The molecule has 60 valence electrons. The van der Waals surface area contributed by atoms with Gasteiger partial charge in [-0.05, 0) is 13.0 Å². The van der Waals surface area contributed by atoms with Crippen LogP contribution in [0.25, 0.3) is 0 Å². The molecular formula is C7H10N2OS. The van der Waals surface area contributed by atoms with Crippen LogP contribution in [-0.2, 0) is 5.60 Å². The molecule has 1 saturated heterocycles. The summed E-state index contributed by atoms with van der Waals surface area (Å²) in [6, 6.07) is 0. The lowest BCUT2D eigenvalue weighted by molar-refractivity contribution is 0.0548. The standard InChI is InChI=1S/C7H10N2OS/c10-7(1-2-8-4-7)6-3-11-5-9-6/h3,5,8,10H,1-2,4H2. The Hall–Kier alpha value is -0.450. The summed E-state index contributed by atoms with van der Waals surface area (Å²) in [5.41, 5.74) is 1.87. The maximum absolute atomic E-state index is 9.93. The van der Waals surface area contributed by atoms with Crippen LogP contribution in [0.2, 0.25) is 0 Å². The van der Waals surface area contributed by atoms with Gasteiger partial charge in [-0.1, -0.05) is 0 Å². The molecule has 0 aliphatic carbocycles. The Morgan fingerprint density at radius 3 is 3.18 bits per heavy atom. The Morgan fingerprint density at radius 1 is 1.73 bits per heavy atom. The van der Waals surface area contributed by atoms with E-state index >= 15 is 0 Å². The number of aliphatic hydroxyl groups is 1. The van der Waals surface area contributed by atoms with Crippen LogP contribution in [-0.4, -0.2) is 23.2 Å². The van der Waals surface area contributed by atoms with E-state index in [2.05, 4.69) is 10.3 Å². The fraction of sp³-hybridized carbons (Fsp3) is 0.571. The van der Waals surface area contributed by atoms with E-state index in [0.717, 1.165) is 18.7 Å². The monoisotopic (exact) mass is 170 g/mol. The second-order valence-corrected chi connectivity index (χ2v) is 3.55. The van der Waals surface area contributed by atoms with Gasteiger partial charge in [0.1, 0.15) is 5.60 Å². The molecule has 1 atom stereocenters. The van der Waals surface area contributed by atoms with Crippen molar-refractivity contribution in [3.05, 3.63) is 16.6 Å². The van der Waals surface area contributed by atoms with Crippen LogP contribution in [0.5, 0.6) is 0 Å². The van der Waals surface area contributed by atoms with E-state index in [9.17, 15) is 5.11 Å². The van der Waals surface area contributed by atoms with Gasteiger partial charge in [-0.15, -0.1) is 11.3 Å². The smallest absolute Gasteiger partial charge is 0.121 e. The van der Waals surface area contributed by atoms with Crippen molar-refractivity contribution in [2.24, 2.45) is 0 Å². The summed E-state index contributed by atoms with van der Waals surface area (Å²) in [7, 11) is 0. The van der Waals surface area contributed by atoms with Crippen LogP contribution in [0.15, 0.2) is 10.9 Å². The van der Waals surface area contributed by atoms with Crippen LogP contribution in [0.1, 0.15) is 12.1 Å². The number of hydrogen-bond acceptors (Lipinski definition) is 4. The van der Waals surface area contributed by atoms with Crippen molar-refractivity contribution in [3.8, 4) is 0 Å². The SMILES string of the molecule is OC1(c2cscn2)CCNC1. The summed E-state index contributed by atoms with van der Waals surface area (Å²) < 4.78 is 0. The molecule has 11 heavy (non-hydrogen) atoms. The third-order valence-corrected chi connectivity index (χ3v) is 2.63. The van der Waals surface area contributed by atoms with Gasteiger partial charge in [-0.2, -0.15) is 0 Å². The van der Waals surface area contributed by atoms with Crippen molar-refractivity contribution in [2.75, 3.05) is 13.1 Å². The quantitative estimate of drug-likeness (QED) is 0.638. The predicted molar refractivity (Wildman–Crippen MR) is 43.5 cm³/mol. The van der Waals surface area contributed by atoms with E-state index in [1.54, 1.807) is 5.51 Å². The van der Waals surface area contributed by atoms with Gasteiger partial charge >= 0.3 is 0 Å². The zero-order valence-corrected chi connectivity index (χ0v) is 6.90. The predicted octanol–water partition coefficient (Wildman–Crippen LogP) is 0.324. The molecule has 2 rings (SSSR count). The lowest BCUT2D eigenvalue weighted by atomic mass is 10.0. The number of β-amino-alcohol motifs (C(OH)–C–C–N with tert-alkyl or cyclic N) is 1. The highest BCUT2D eigenvalue weighted by Gasteiger charge is 2.34. The number of aromatic nitrogens is 1. The normalized spacial score (nSPS) is 31.0. The first kappa shape index (κ1) is 7.21. The van der Waals surface area contributed by atoms with Gasteiger partial charge in [-0.25, -0.2) is 4.98 Å². The molecule has 1 aliphatic heterocycles. The molecule has 0 radical (unpaired) electrons. The molecule has 1 aromatic heterocycles. The number of nitrogens with zero attached hydrogens (tertiary/aromatic N) is 1. The summed E-state index contributed by atoms with van der Waals surface area (Å²) in [6.45, 7) is 1.52. The van der Waals surface area contributed by atoms with E-state index < -0.39 is 5.60 Å². The molecule has 1 unspecified atom stereocenters. The summed E-state index contributed by atoms with van der Waals surface area (Å²) in [5, 5.41) is 15.0. The largest absolute Gasteiger partial charge is 0.382 e. The summed E-state index contributed by atoms with van der Waals surface area (Å²) >= 11 is 1.53. The average molecular weight is 170 g/mol. The van der Waals surface area contributed by atoms with Crippen LogP contribution < -0.4 is 5.32 Å². The molecule has 4 heteroatoms. The first-order valence-corrected chi connectivity index (χ1v) is 4.57. The average Bonchev–Trinajstić information content (AvgIpc) is 2.55. The Bertz CT molecular complexity index is 229. The van der Waals surface area contributed by atoms with Crippen molar-refractivity contribution in [3.63, 3.8) is 0 Å². The molecular weight excluding hydrogens is 160 g/mol. The van der Waals surface area contributed by atoms with Crippen LogP contribution in [0, 0.1) is 0 Å². The van der Waals surface area contributed by atoms with E-state index in [4.69, 9.17) is 0 Å². The maximum atomic E-state index is 9.93. The molecule has 3 nitrogen and oxygen atoms in total. The van der Waals surface area contributed by atoms with Crippen LogP contribution >= 0.6 is 11.3 Å². The summed E-state index contributed by atoms with van der Waals surface area (Å²) in [6.07, 6.45) is 0.775. The Morgan fingerprint density at radius 2 is 2.64 bits per heavy atom. The number of thiazole rings is 1. The highest BCUT2D eigenvalue weighted by molar-refractivity contribution is 7.07. The topological polar surface area (TPSA) is 45.2 Å². The molecule has 1 aromatic rings. The molecule has 0 aromatic carbocycles. The van der Waals surface area contributed by atoms with Gasteiger partial charge in [0.2, 0.25) is 0 Å². The van der Waals surface area contributed by atoms with E-state index in [1.807, 2.05) is 5.38 Å². The highest BCUT2D eigenvalue weighted by Crippen LogP contribution is 2.26. The van der Waals surface area contributed by atoms with Crippen LogP contribution in [0.3, 0.4) is 0 Å². The summed E-state index contributed by atoms with van der Waals surface area (Å²) in [5.74, 6) is 0. The first-order chi connectivity index (χ1) is 5.31. The van der Waals surface area contributed by atoms with Crippen molar-refractivity contribution in [1.29, 1.82) is 0 Å². The van der Waals surface area contributed by atoms with Gasteiger partial charge in [0.25, 0.3) is 0 Å². The van der Waals surface area contributed by atoms with E-state index in [0.29, 0.717) is 6.54 Å². The van der Waals surface area contributed by atoms with Gasteiger partial charge in [0.05, 0.1) is 11.2 Å². The first-order valence-electron chi connectivity index (χ1n) is 3.63. The molecule has 2 heterocycles. The van der Waals surface area contributed by atoms with E-state index in [-0.39, 0.29) is 0 Å². The van der Waals surface area contributed by atoms with Gasteiger partial charge in [0, 0.05) is 11.9 Å². The molecule has 0 saturated carbocycles. The molecule has 0 spiro atoms. The van der Waals surface area contributed by atoms with Crippen molar-refractivity contribution in [1.82, 2.24) is 10.3 Å². The lowest BCUT2D eigenvalue weighted by Crippen LogP contribution is -2.28. The summed E-state index contributed by atoms with van der Waals surface area (Å²) in [4.78, 5) is 4.10. The fourth-order valence-electron chi connectivity index (χ4n) is 1.34.